The van der Waals surface area contributed by atoms with Crippen molar-refractivity contribution >= 4 is 17.4 Å². The molecule has 4 nitrogen and oxygen atoms in total. The topological polar surface area (TPSA) is 44.7 Å². The van der Waals surface area contributed by atoms with Gasteiger partial charge in [0.05, 0.1) is 0 Å². The molecule has 1 aromatic carbocycles. The number of nitrogens with zero attached hydrogens (tertiary/aromatic N) is 2. The second-order valence-corrected chi connectivity index (χ2v) is 3.72. The lowest BCUT2D eigenvalue weighted by Crippen LogP contribution is -2.27. The normalized spacial score (nSPS) is 9.06. The molecule has 0 spiro atoms. The average molecular weight is 229 g/mol. The zero-order chi connectivity index (χ0) is 12.8. The zero-order valence-electron chi connectivity index (χ0n) is 10.2. The van der Waals surface area contributed by atoms with Gasteiger partial charge in [0.15, 0.2) is 0 Å². The standard InChI is InChI=1S/C13H15N3O/c1-5-11-6-8-12(9-7-11)14-13(17)16(4)15-10(2)3/h1,6-9H,2-4H3,(H,14,17). The molecule has 0 saturated heterocycles. The summed E-state index contributed by atoms with van der Waals surface area (Å²) < 4.78 is 0. The maximum atomic E-state index is 11.7. The number of terminal acetylenes is 1. The lowest BCUT2D eigenvalue weighted by atomic mass is 10.2. The Hall–Kier alpha value is -2.28. The summed E-state index contributed by atoms with van der Waals surface area (Å²) in [5.41, 5.74) is 2.27. The second-order valence-electron chi connectivity index (χ2n) is 3.72. The lowest BCUT2D eigenvalue weighted by Gasteiger charge is -2.13. The van der Waals surface area contributed by atoms with E-state index in [9.17, 15) is 4.79 Å². The Morgan fingerprint density at radius 3 is 2.41 bits per heavy atom. The highest BCUT2D eigenvalue weighted by Crippen LogP contribution is 2.09. The summed E-state index contributed by atoms with van der Waals surface area (Å²) in [5.74, 6) is 2.51. The van der Waals surface area contributed by atoms with Gasteiger partial charge < -0.3 is 5.32 Å². The van der Waals surface area contributed by atoms with Crippen LogP contribution in [-0.4, -0.2) is 23.8 Å². The van der Waals surface area contributed by atoms with Crippen LogP contribution in [0.25, 0.3) is 0 Å². The highest BCUT2D eigenvalue weighted by atomic mass is 16.2. The number of rotatable bonds is 2. The van der Waals surface area contributed by atoms with Crippen LogP contribution in [0.5, 0.6) is 0 Å². The van der Waals surface area contributed by atoms with Gasteiger partial charge in [0.1, 0.15) is 0 Å². The van der Waals surface area contributed by atoms with E-state index in [-0.39, 0.29) is 6.03 Å². The molecular weight excluding hydrogens is 214 g/mol. The van der Waals surface area contributed by atoms with Crippen LogP contribution in [-0.2, 0) is 0 Å². The number of anilines is 1. The molecule has 4 heteroatoms. The van der Waals surface area contributed by atoms with Gasteiger partial charge >= 0.3 is 6.03 Å². The summed E-state index contributed by atoms with van der Waals surface area (Å²) in [4.78, 5) is 11.7. The molecule has 0 radical (unpaired) electrons. The molecule has 0 aromatic heterocycles. The summed E-state index contributed by atoms with van der Waals surface area (Å²) in [6.07, 6.45) is 5.24. The van der Waals surface area contributed by atoms with Crippen LogP contribution < -0.4 is 5.32 Å². The molecule has 1 aromatic rings. The minimum atomic E-state index is -0.292. The smallest absolute Gasteiger partial charge is 0.306 e. The van der Waals surface area contributed by atoms with Crippen LogP contribution in [0.2, 0.25) is 0 Å². The molecule has 0 aliphatic heterocycles. The van der Waals surface area contributed by atoms with Crippen LogP contribution in [0, 0.1) is 12.3 Å². The van der Waals surface area contributed by atoms with Gasteiger partial charge in [0, 0.05) is 24.0 Å². The van der Waals surface area contributed by atoms with Crippen molar-refractivity contribution in [2.24, 2.45) is 5.10 Å². The zero-order valence-corrected chi connectivity index (χ0v) is 10.2. The molecule has 88 valence electrons. The molecule has 0 saturated carbocycles. The number of hydrazone groups is 1. The molecule has 0 fully saturated rings. The van der Waals surface area contributed by atoms with Crippen molar-refractivity contribution in [1.82, 2.24) is 5.01 Å². The third-order valence-electron chi connectivity index (χ3n) is 1.95. The molecular formula is C13H15N3O. The van der Waals surface area contributed by atoms with E-state index < -0.39 is 0 Å². The van der Waals surface area contributed by atoms with Gasteiger partial charge in [-0.25, -0.2) is 9.80 Å². The molecule has 17 heavy (non-hydrogen) atoms. The van der Waals surface area contributed by atoms with Crippen LogP contribution in [0.4, 0.5) is 10.5 Å². The number of benzene rings is 1. The van der Waals surface area contributed by atoms with Gasteiger partial charge in [-0.05, 0) is 38.1 Å². The number of hydrogen-bond acceptors (Lipinski definition) is 2. The van der Waals surface area contributed by atoms with Crippen molar-refractivity contribution in [3.63, 3.8) is 0 Å². The summed E-state index contributed by atoms with van der Waals surface area (Å²) >= 11 is 0. The summed E-state index contributed by atoms with van der Waals surface area (Å²) in [6, 6.07) is 6.75. The van der Waals surface area contributed by atoms with Crippen molar-refractivity contribution in [2.75, 3.05) is 12.4 Å². The molecule has 0 aliphatic carbocycles. The van der Waals surface area contributed by atoms with Gasteiger partial charge in [-0.2, -0.15) is 5.10 Å². The SMILES string of the molecule is C#Cc1ccc(NC(=O)N(C)N=C(C)C)cc1. The van der Waals surface area contributed by atoms with E-state index in [0.29, 0.717) is 5.69 Å². The fourth-order valence-electron chi connectivity index (χ4n) is 1.20. The Morgan fingerprint density at radius 1 is 1.35 bits per heavy atom. The van der Waals surface area contributed by atoms with Crippen molar-refractivity contribution < 1.29 is 4.79 Å². The Labute approximate surface area is 101 Å². The van der Waals surface area contributed by atoms with Crippen molar-refractivity contribution in [3.8, 4) is 12.3 Å². The molecule has 2 amide bonds. The summed E-state index contributed by atoms with van der Waals surface area (Å²) in [6.45, 7) is 3.65. The van der Waals surface area contributed by atoms with E-state index >= 15 is 0 Å². The minimum Gasteiger partial charge on any atom is -0.306 e. The monoisotopic (exact) mass is 229 g/mol. The van der Waals surface area contributed by atoms with E-state index in [4.69, 9.17) is 6.42 Å². The van der Waals surface area contributed by atoms with E-state index in [1.807, 2.05) is 13.8 Å². The maximum absolute atomic E-state index is 11.7. The fourth-order valence-corrected chi connectivity index (χ4v) is 1.20. The number of amides is 2. The van der Waals surface area contributed by atoms with Gasteiger partial charge in [-0.15, -0.1) is 6.42 Å². The van der Waals surface area contributed by atoms with Crippen LogP contribution in [0.15, 0.2) is 29.4 Å². The lowest BCUT2D eigenvalue weighted by molar-refractivity contribution is 0.224. The number of urea groups is 1. The van der Waals surface area contributed by atoms with Crippen LogP contribution >= 0.6 is 0 Å². The maximum Gasteiger partial charge on any atom is 0.341 e. The third kappa shape index (κ3) is 3.99. The Kier molecular flexibility index (Phi) is 4.29. The molecule has 1 N–H and O–H groups in total. The molecule has 0 heterocycles. The predicted molar refractivity (Wildman–Crippen MR) is 69.9 cm³/mol. The van der Waals surface area contributed by atoms with E-state index in [1.165, 1.54) is 5.01 Å². The number of hydrogen-bond donors (Lipinski definition) is 1. The molecule has 0 unspecified atom stereocenters. The third-order valence-corrected chi connectivity index (χ3v) is 1.95. The molecule has 0 atom stereocenters. The Morgan fingerprint density at radius 2 is 1.94 bits per heavy atom. The first-order valence-corrected chi connectivity index (χ1v) is 5.16. The predicted octanol–water partition coefficient (Wildman–Crippen LogP) is 2.53. The van der Waals surface area contributed by atoms with Gasteiger partial charge in [-0.3, -0.25) is 0 Å². The highest BCUT2D eigenvalue weighted by Gasteiger charge is 2.06. The summed E-state index contributed by atoms with van der Waals surface area (Å²) in [7, 11) is 1.60. The molecule has 0 bridgehead atoms. The van der Waals surface area contributed by atoms with Gasteiger partial charge in [-0.1, -0.05) is 5.92 Å². The Balaban J connectivity index is 2.68. The number of nitrogens with one attached hydrogen (secondary N) is 1. The van der Waals surface area contributed by atoms with Crippen LogP contribution in [0.3, 0.4) is 0 Å². The van der Waals surface area contributed by atoms with Gasteiger partial charge in [0.25, 0.3) is 0 Å². The largest absolute Gasteiger partial charge is 0.341 e. The van der Waals surface area contributed by atoms with Gasteiger partial charge in [0.2, 0.25) is 0 Å². The summed E-state index contributed by atoms with van der Waals surface area (Å²) in [5, 5.41) is 7.98. The Bertz CT molecular complexity index is 464. The first kappa shape index (κ1) is 12.8. The van der Waals surface area contributed by atoms with Crippen molar-refractivity contribution in [2.45, 2.75) is 13.8 Å². The number of carbonyl (C=O) groups excluding carboxylic acids is 1. The second kappa shape index (κ2) is 5.71. The molecule has 0 aliphatic rings. The highest BCUT2D eigenvalue weighted by molar-refractivity contribution is 5.90. The quantitative estimate of drug-likeness (QED) is 0.472. The first-order valence-electron chi connectivity index (χ1n) is 5.16. The number of carbonyl (C=O) groups is 1. The average Bonchev–Trinajstić information content (AvgIpc) is 2.29. The fraction of sp³-hybridized carbons (Fsp3) is 0.231. The minimum absolute atomic E-state index is 0.292. The van der Waals surface area contributed by atoms with E-state index in [0.717, 1.165) is 11.3 Å². The van der Waals surface area contributed by atoms with Crippen molar-refractivity contribution in [1.29, 1.82) is 0 Å². The van der Waals surface area contributed by atoms with Crippen molar-refractivity contribution in [3.05, 3.63) is 29.8 Å². The van der Waals surface area contributed by atoms with Crippen LogP contribution in [0.1, 0.15) is 19.4 Å². The van der Waals surface area contributed by atoms with E-state index in [2.05, 4.69) is 16.3 Å². The molecule has 1 rings (SSSR count). The van der Waals surface area contributed by atoms with E-state index in [1.54, 1.807) is 31.3 Å². The first-order chi connectivity index (χ1) is 8.02.